The van der Waals surface area contributed by atoms with Crippen molar-refractivity contribution in [3.63, 3.8) is 0 Å². The van der Waals surface area contributed by atoms with Gasteiger partial charge in [0.2, 0.25) is 0 Å². The summed E-state index contributed by atoms with van der Waals surface area (Å²) in [5.41, 5.74) is -0.0416. The number of methoxy groups -OCH3 is 1. The normalized spacial score (nSPS) is 11.2. The predicted molar refractivity (Wildman–Crippen MR) is 57.7 cm³/mol. The first kappa shape index (κ1) is 14.1. The van der Waals surface area contributed by atoms with Crippen molar-refractivity contribution in [1.29, 1.82) is 0 Å². The summed E-state index contributed by atoms with van der Waals surface area (Å²) < 4.78 is 41.1. The van der Waals surface area contributed by atoms with E-state index in [1.54, 1.807) is 0 Å². The molecule has 0 aliphatic heterocycles. The lowest BCUT2D eigenvalue weighted by atomic mass is 10.2. The number of alkyl halides is 3. The zero-order chi connectivity index (χ0) is 13.9. The van der Waals surface area contributed by atoms with Crippen LogP contribution in [-0.4, -0.2) is 42.8 Å². The van der Waals surface area contributed by atoms with Gasteiger partial charge in [-0.3, -0.25) is 4.79 Å². The number of rotatable bonds is 3. The van der Waals surface area contributed by atoms with Crippen molar-refractivity contribution in [3.8, 4) is 11.5 Å². The fourth-order valence-electron chi connectivity index (χ4n) is 1.38. The number of aromatic hydroxyl groups is 1. The maximum atomic E-state index is 12.1. The summed E-state index contributed by atoms with van der Waals surface area (Å²) in [7, 11) is 2.36. The molecule has 1 amide bonds. The Labute approximate surface area is 102 Å². The molecule has 1 aromatic carbocycles. The molecule has 0 aliphatic carbocycles. The van der Waals surface area contributed by atoms with Crippen molar-refractivity contribution in [1.82, 2.24) is 4.90 Å². The van der Waals surface area contributed by atoms with E-state index in [0.29, 0.717) is 4.90 Å². The van der Waals surface area contributed by atoms with Crippen LogP contribution in [0.2, 0.25) is 0 Å². The number of hydrogen-bond acceptors (Lipinski definition) is 3. The summed E-state index contributed by atoms with van der Waals surface area (Å²) in [6.45, 7) is -1.35. The van der Waals surface area contributed by atoms with Gasteiger partial charge in [0.15, 0.2) is 11.5 Å². The quantitative estimate of drug-likeness (QED) is 0.907. The summed E-state index contributed by atoms with van der Waals surface area (Å²) in [6, 6.07) is 3.66. The van der Waals surface area contributed by atoms with Crippen LogP contribution in [0.3, 0.4) is 0 Å². The Morgan fingerprint density at radius 1 is 1.44 bits per heavy atom. The number of phenols is 1. The van der Waals surface area contributed by atoms with Crippen molar-refractivity contribution < 1.29 is 27.8 Å². The lowest BCUT2D eigenvalue weighted by molar-refractivity contribution is -0.138. The monoisotopic (exact) mass is 263 g/mol. The lowest BCUT2D eigenvalue weighted by Gasteiger charge is -2.19. The van der Waals surface area contributed by atoms with E-state index in [9.17, 15) is 23.1 Å². The molecule has 0 atom stereocenters. The highest BCUT2D eigenvalue weighted by Gasteiger charge is 2.31. The first-order chi connectivity index (χ1) is 8.24. The van der Waals surface area contributed by atoms with Crippen molar-refractivity contribution in [2.75, 3.05) is 20.7 Å². The van der Waals surface area contributed by atoms with Crippen LogP contribution in [0.4, 0.5) is 13.2 Å². The van der Waals surface area contributed by atoms with E-state index >= 15 is 0 Å². The molecule has 100 valence electrons. The second-order valence-electron chi connectivity index (χ2n) is 3.66. The zero-order valence-electron chi connectivity index (χ0n) is 9.78. The van der Waals surface area contributed by atoms with Gasteiger partial charge in [-0.2, -0.15) is 13.2 Å². The van der Waals surface area contributed by atoms with Crippen molar-refractivity contribution in [2.24, 2.45) is 0 Å². The van der Waals surface area contributed by atoms with Crippen molar-refractivity contribution in [3.05, 3.63) is 23.8 Å². The Morgan fingerprint density at radius 2 is 2.06 bits per heavy atom. The van der Waals surface area contributed by atoms with Crippen molar-refractivity contribution >= 4 is 5.91 Å². The smallest absolute Gasteiger partial charge is 0.406 e. The standard InChI is InChI=1S/C11H12F3NO3/c1-15(6-11(12,13)14)10(17)7-3-4-9(18-2)8(16)5-7/h3-5,16H,6H2,1-2H3. The largest absolute Gasteiger partial charge is 0.504 e. The van der Waals surface area contributed by atoms with Crippen LogP contribution in [0.15, 0.2) is 18.2 Å². The van der Waals surface area contributed by atoms with Crippen molar-refractivity contribution in [2.45, 2.75) is 6.18 Å². The molecule has 0 bridgehead atoms. The van der Waals surface area contributed by atoms with Gasteiger partial charge in [-0.25, -0.2) is 0 Å². The Balaban J connectivity index is 2.87. The number of carbonyl (C=O) groups excluding carboxylic acids is 1. The van der Waals surface area contributed by atoms with Gasteiger partial charge < -0.3 is 14.7 Å². The lowest BCUT2D eigenvalue weighted by Crippen LogP contribution is -2.35. The first-order valence-electron chi connectivity index (χ1n) is 4.94. The maximum Gasteiger partial charge on any atom is 0.406 e. The molecule has 1 aromatic rings. The fourth-order valence-corrected chi connectivity index (χ4v) is 1.38. The molecule has 0 unspecified atom stereocenters. The first-order valence-corrected chi connectivity index (χ1v) is 4.94. The molecular weight excluding hydrogens is 251 g/mol. The van der Waals surface area contributed by atoms with Gasteiger partial charge in [0.25, 0.3) is 5.91 Å². The predicted octanol–water partition coefficient (Wildman–Crippen LogP) is 2.04. The number of hydrogen-bond donors (Lipinski definition) is 1. The van der Waals surface area contributed by atoms with E-state index in [1.165, 1.54) is 19.2 Å². The summed E-state index contributed by atoms with van der Waals surface area (Å²) in [5.74, 6) is -0.987. The van der Waals surface area contributed by atoms with E-state index < -0.39 is 18.6 Å². The summed E-state index contributed by atoms with van der Waals surface area (Å²) in [6.07, 6.45) is -4.46. The second kappa shape index (κ2) is 5.16. The second-order valence-corrected chi connectivity index (χ2v) is 3.66. The van der Waals surface area contributed by atoms with Crippen LogP contribution in [0.1, 0.15) is 10.4 Å². The minimum absolute atomic E-state index is 0.0416. The van der Waals surface area contributed by atoms with Crippen LogP contribution in [0.5, 0.6) is 11.5 Å². The molecule has 0 fully saturated rings. The Bertz CT molecular complexity index is 446. The van der Waals surface area contributed by atoms with E-state index in [-0.39, 0.29) is 17.1 Å². The van der Waals surface area contributed by atoms with Crippen LogP contribution in [-0.2, 0) is 0 Å². The number of halogens is 3. The Hall–Kier alpha value is -1.92. The summed E-state index contributed by atoms with van der Waals surface area (Å²) in [4.78, 5) is 12.2. The van der Waals surface area contributed by atoms with Crippen LogP contribution in [0.25, 0.3) is 0 Å². The third-order valence-corrected chi connectivity index (χ3v) is 2.19. The van der Waals surface area contributed by atoms with Gasteiger partial charge in [-0.15, -0.1) is 0 Å². The molecule has 0 spiro atoms. The average molecular weight is 263 g/mol. The van der Waals surface area contributed by atoms with Gasteiger partial charge in [0, 0.05) is 12.6 Å². The molecule has 18 heavy (non-hydrogen) atoms. The molecule has 4 nitrogen and oxygen atoms in total. The molecule has 0 heterocycles. The van der Waals surface area contributed by atoms with Gasteiger partial charge in [-0.1, -0.05) is 0 Å². The number of nitrogens with zero attached hydrogens (tertiary/aromatic N) is 1. The highest BCUT2D eigenvalue weighted by atomic mass is 19.4. The molecular formula is C11H12F3NO3. The Kier molecular flexibility index (Phi) is 4.05. The summed E-state index contributed by atoms with van der Waals surface area (Å²) >= 11 is 0. The fraction of sp³-hybridized carbons (Fsp3) is 0.364. The molecule has 1 N–H and O–H groups in total. The van der Waals surface area contributed by atoms with Crippen LogP contribution in [0, 0.1) is 0 Å². The van der Waals surface area contributed by atoms with Crippen LogP contribution >= 0.6 is 0 Å². The molecule has 0 aliphatic rings. The molecule has 0 saturated carbocycles. The van der Waals surface area contributed by atoms with Crippen LogP contribution < -0.4 is 4.74 Å². The molecule has 0 aromatic heterocycles. The van der Waals surface area contributed by atoms with E-state index in [1.807, 2.05) is 0 Å². The third-order valence-electron chi connectivity index (χ3n) is 2.19. The van der Waals surface area contributed by atoms with E-state index in [0.717, 1.165) is 13.1 Å². The number of carbonyl (C=O) groups is 1. The molecule has 1 rings (SSSR count). The number of benzene rings is 1. The Morgan fingerprint density at radius 3 is 2.50 bits per heavy atom. The molecule has 7 heteroatoms. The highest BCUT2D eigenvalue weighted by molar-refractivity contribution is 5.94. The van der Waals surface area contributed by atoms with E-state index in [2.05, 4.69) is 0 Å². The summed E-state index contributed by atoms with van der Waals surface area (Å²) in [5, 5.41) is 9.44. The van der Waals surface area contributed by atoms with Gasteiger partial charge >= 0.3 is 6.18 Å². The highest BCUT2D eigenvalue weighted by Crippen LogP contribution is 2.27. The number of phenolic OH excluding ortho intramolecular Hbond substituents is 1. The minimum Gasteiger partial charge on any atom is -0.504 e. The average Bonchev–Trinajstić information content (AvgIpc) is 2.25. The third kappa shape index (κ3) is 3.54. The number of ether oxygens (including phenoxy) is 1. The van der Waals surface area contributed by atoms with Gasteiger partial charge in [0.05, 0.1) is 7.11 Å². The SMILES string of the molecule is COc1ccc(C(=O)N(C)CC(F)(F)F)cc1O. The topological polar surface area (TPSA) is 49.8 Å². The number of amides is 1. The van der Waals surface area contributed by atoms with E-state index in [4.69, 9.17) is 4.74 Å². The van der Waals surface area contributed by atoms with Gasteiger partial charge in [0.1, 0.15) is 6.54 Å². The van der Waals surface area contributed by atoms with Gasteiger partial charge in [-0.05, 0) is 18.2 Å². The zero-order valence-corrected chi connectivity index (χ0v) is 9.78. The maximum absolute atomic E-state index is 12.1. The molecule has 0 saturated heterocycles. The molecule has 0 radical (unpaired) electrons. The minimum atomic E-state index is -4.46.